The van der Waals surface area contributed by atoms with Gasteiger partial charge < -0.3 is 30.3 Å². The Bertz CT molecular complexity index is 1360. The first-order chi connectivity index (χ1) is 28.6. The normalized spacial score (nSPS) is 15.4. The molecular formula is C47H76NO10P. The van der Waals surface area contributed by atoms with Gasteiger partial charge in [0.05, 0.1) is 25.4 Å². The number of nitrogens with two attached hydrogens (primary N) is 1. The highest BCUT2D eigenvalue weighted by Gasteiger charge is 2.26. The fraction of sp³-hybridized carbons (Fsp3) is 0.574. The maximum Gasteiger partial charge on any atom is 0.472 e. The van der Waals surface area contributed by atoms with Crippen molar-refractivity contribution in [1.82, 2.24) is 0 Å². The van der Waals surface area contributed by atoms with Gasteiger partial charge in [0.1, 0.15) is 6.61 Å². The second-order valence-corrected chi connectivity index (χ2v) is 15.4. The van der Waals surface area contributed by atoms with Gasteiger partial charge in [-0.15, -0.1) is 0 Å². The number of phosphoric acid groups is 1. The van der Waals surface area contributed by atoms with Crippen LogP contribution in [0, 0.1) is 0 Å². The highest BCUT2D eigenvalue weighted by Crippen LogP contribution is 2.43. The van der Waals surface area contributed by atoms with E-state index in [4.69, 9.17) is 24.3 Å². The minimum atomic E-state index is -4.47. The summed E-state index contributed by atoms with van der Waals surface area (Å²) in [4.78, 5) is 34.8. The Morgan fingerprint density at radius 2 is 1.10 bits per heavy atom. The molecule has 0 bridgehead atoms. The number of allylic oxidation sites excluding steroid dienone is 16. The average molecular weight is 846 g/mol. The first kappa shape index (κ1) is 55.6. The second kappa shape index (κ2) is 41.3. The summed E-state index contributed by atoms with van der Waals surface area (Å²) in [6.07, 6.45) is 47.7. The molecule has 0 spiro atoms. The lowest BCUT2D eigenvalue weighted by molar-refractivity contribution is -0.161. The van der Waals surface area contributed by atoms with Gasteiger partial charge in [-0.05, 0) is 70.6 Å². The van der Waals surface area contributed by atoms with Crippen LogP contribution >= 0.6 is 7.82 Å². The van der Waals surface area contributed by atoms with Crippen molar-refractivity contribution in [3.63, 3.8) is 0 Å². The molecule has 0 fully saturated rings. The van der Waals surface area contributed by atoms with Gasteiger partial charge in [-0.25, -0.2) is 4.57 Å². The minimum absolute atomic E-state index is 0.000229. The summed E-state index contributed by atoms with van der Waals surface area (Å²) >= 11 is 0. The number of carbonyl (C=O) groups is 2. The Morgan fingerprint density at radius 1 is 0.593 bits per heavy atom. The number of carbonyl (C=O) groups excluding carboxylic acids is 2. The summed E-state index contributed by atoms with van der Waals surface area (Å²) in [6.45, 7) is 3.22. The predicted molar refractivity (Wildman–Crippen MR) is 240 cm³/mol. The first-order valence-corrected chi connectivity index (χ1v) is 23.1. The van der Waals surface area contributed by atoms with E-state index in [-0.39, 0.29) is 32.6 Å². The molecule has 12 heteroatoms. The van der Waals surface area contributed by atoms with Gasteiger partial charge in [0.2, 0.25) is 0 Å². The lowest BCUT2D eigenvalue weighted by atomic mass is 10.1. The molecule has 4 atom stereocenters. The van der Waals surface area contributed by atoms with E-state index in [2.05, 4.69) is 62.5 Å². The van der Waals surface area contributed by atoms with Crippen molar-refractivity contribution < 1.29 is 47.8 Å². The molecular weight excluding hydrogens is 769 g/mol. The molecule has 0 aromatic rings. The summed E-state index contributed by atoms with van der Waals surface area (Å²) in [5.41, 5.74) is 5.32. The van der Waals surface area contributed by atoms with Crippen molar-refractivity contribution in [2.45, 2.75) is 148 Å². The first-order valence-electron chi connectivity index (χ1n) is 21.6. The third kappa shape index (κ3) is 41.1. The van der Waals surface area contributed by atoms with Crippen LogP contribution in [-0.2, 0) is 32.7 Å². The number of unbranched alkanes of at least 4 members (excludes halogenated alkanes) is 5. The highest BCUT2D eigenvalue weighted by molar-refractivity contribution is 7.47. The molecule has 0 aromatic carbocycles. The predicted octanol–water partition coefficient (Wildman–Crippen LogP) is 10.3. The van der Waals surface area contributed by atoms with Crippen LogP contribution in [0.15, 0.2) is 109 Å². The molecule has 0 amide bonds. The van der Waals surface area contributed by atoms with Crippen LogP contribution in [0.1, 0.15) is 129 Å². The lowest BCUT2D eigenvalue weighted by Gasteiger charge is -2.20. The van der Waals surface area contributed by atoms with Crippen molar-refractivity contribution in [2.24, 2.45) is 5.73 Å². The Kier molecular flexibility index (Phi) is 38.9. The molecule has 0 rings (SSSR count). The lowest BCUT2D eigenvalue weighted by Crippen LogP contribution is -2.29. The van der Waals surface area contributed by atoms with E-state index in [9.17, 15) is 29.3 Å². The molecule has 5 N–H and O–H groups in total. The molecule has 0 saturated heterocycles. The van der Waals surface area contributed by atoms with Gasteiger partial charge in [0, 0.05) is 19.4 Å². The van der Waals surface area contributed by atoms with E-state index >= 15 is 0 Å². The maximum absolute atomic E-state index is 12.6. The van der Waals surface area contributed by atoms with Gasteiger partial charge in [-0.3, -0.25) is 18.6 Å². The number of hydrogen-bond acceptors (Lipinski definition) is 10. The quantitative estimate of drug-likeness (QED) is 0.0153. The number of hydrogen-bond donors (Lipinski definition) is 4. The summed E-state index contributed by atoms with van der Waals surface area (Å²) in [7, 11) is -4.47. The van der Waals surface area contributed by atoms with Crippen LogP contribution in [0.25, 0.3) is 0 Å². The molecule has 0 heterocycles. The van der Waals surface area contributed by atoms with Crippen molar-refractivity contribution >= 4 is 19.8 Å². The summed E-state index contributed by atoms with van der Waals surface area (Å²) in [5, 5.41) is 20.2. The summed E-state index contributed by atoms with van der Waals surface area (Å²) < 4.78 is 32.5. The van der Waals surface area contributed by atoms with Crippen LogP contribution in [0.4, 0.5) is 0 Å². The van der Waals surface area contributed by atoms with Gasteiger partial charge >= 0.3 is 19.8 Å². The highest BCUT2D eigenvalue weighted by atomic mass is 31.2. The van der Waals surface area contributed by atoms with Crippen molar-refractivity contribution in [1.29, 1.82) is 0 Å². The van der Waals surface area contributed by atoms with E-state index < -0.39 is 44.7 Å². The molecule has 0 aliphatic carbocycles. The number of rotatable bonds is 38. The zero-order valence-electron chi connectivity index (χ0n) is 35.9. The molecule has 0 aliphatic heterocycles. The van der Waals surface area contributed by atoms with Crippen molar-refractivity contribution in [2.75, 3.05) is 26.4 Å². The number of aliphatic hydroxyl groups is 2. The van der Waals surface area contributed by atoms with Crippen LogP contribution in [0.5, 0.6) is 0 Å². The molecule has 0 saturated carbocycles. The number of ether oxygens (including phenoxy) is 2. The zero-order chi connectivity index (χ0) is 43.5. The van der Waals surface area contributed by atoms with Gasteiger partial charge in [0.15, 0.2) is 6.10 Å². The van der Waals surface area contributed by atoms with Crippen LogP contribution in [0.2, 0.25) is 0 Å². The Hall–Kier alpha value is -3.41. The molecule has 0 aliphatic rings. The van der Waals surface area contributed by atoms with Crippen LogP contribution < -0.4 is 5.73 Å². The molecule has 11 nitrogen and oxygen atoms in total. The van der Waals surface area contributed by atoms with E-state index in [1.807, 2.05) is 42.5 Å². The Labute approximate surface area is 355 Å². The third-order valence-electron chi connectivity index (χ3n) is 8.35. The van der Waals surface area contributed by atoms with E-state index in [0.717, 1.165) is 51.4 Å². The second-order valence-electron chi connectivity index (χ2n) is 13.9. The third-order valence-corrected chi connectivity index (χ3v) is 9.34. The molecule has 0 aromatic heterocycles. The molecule has 334 valence electrons. The zero-order valence-corrected chi connectivity index (χ0v) is 36.8. The number of aliphatic hydroxyl groups excluding tert-OH is 2. The number of phosphoric ester groups is 1. The molecule has 1 unspecified atom stereocenters. The Balaban J connectivity index is 4.54. The summed E-state index contributed by atoms with van der Waals surface area (Å²) in [5.74, 6) is -1.17. The summed E-state index contributed by atoms with van der Waals surface area (Å²) in [6, 6.07) is 0. The van der Waals surface area contributed by atoms with Gasteiger partial charge in [-0.1, -0.05) is 155 Å². The van der Waals surface area contributed by atoms with Crippen LogP contribution in [0.3, 0.4) is 0 Å². The Morgan fingerprint density at radius 3 is 1.66 bits per heavy atom. The number of esters is 2. The van der Waals surface area contributed by atoms with Crippen molar-refractivity contribution in [3.8, 4) is 0 Å². The largest absolute Gasteiger partial charge is 0.472 e. The minimum Gasteiger partial charge on any atom is -0.462 e. The van der Waals surface area contributed by atoms with Gasteiger partial charge in [-0.2, -0.15) is 0 Å². The fourth-order valence-corrected chi connectivity index (χ4v) is 5.83. The maximum atomic E-state index is 12.6. The van der Waals surface area contributed by atoms with E-state index in [0.29, 0.717) is 25.7 Å². The monoisotopic (exact) mass is 846 g/mol. The van der Waals surface area contributed by atoms with E-state index in [1.54, 1.807) is 18.2 Å². The van der Waals surface area contributed by atoms with E-state index in [1.165, 1.54) is 25.7 Å². The van der Waals surface area contributed by atoms with Crippen LogP contribution in [-0.4, -0.2) is 71.7 Å². The topological polar surface area (TPSA) is 175 Å². The van der Waals surface area contributed by atoms with Gasteiger partial charge in [0.25, 0.3) is 0 Å². The smallest absolute Gasteiger partial charge is 0.462 e. The van der Waals surface area contributed by atoms with Crippen molar-refractivity contribution in [3.05, 3.63) is 109 Å². The standard InChI is InChI=1S/C47H76NO10P/c1-3-5-7-8-9-10-11-12-13-14-15-16-17-18-19-20-24-27-31-37-46(51)55-41-45(42-57-59(53,54)56-40-39-48)58-47(52)38-32-36-44(50)35-30-26-23-21-22-25-29-34-43(49)33-28-6-4-2/h9-10,12-13,15-16,18-19,22-27,29-30,34-35,43-45,49-50H,3-8,11,14,17,20-21,28,31-33,36-42,48H2,1-2H3,(H,53,54)/b10-9-,13-12-,16-15-,19-18-,25-22-,26-23-,27-24-,34-29+,35-30+/t43-,44-,45-/m1/s1. The fourth-order valence-electron chi connectivity index (χ4n) is 5.06. The SMILES string of the molecule is CCCCC/C=C\C/C=C\C/C=C\C/C=C\C/C=C\CCC(=O)OC[C@H](COP(=O)(O)OCCN)OC(=O)CCC[C@H](O)/C=C/C=C\C/C=C\C=C\[C@H](O)CCCCC. The average Bonchev–Trinajstić information content (AvgIpc) is 3.21. The molecule has 59 heavy (non-hydrogen) atoms. The molecule has 0 radical (unpaired) electrons.